The highest BCUT2D eigenvalue weighted by Crippen LogP contribution is 2.40. The number of esters is 1. The first-order valence-corrected chi connectivity index (χ1v) is 15.0. The number of H-pyrrole nitrogens is 1. The van der Waals surface area contributed by atoms with Gasteiger partial charge in [-0.2, -0.15) is 5.26 Å². The van der Waals surface area contributed by atoms with E-state index in [4.69, 9.17) is 9.47 Å². The number of nitriles is 1. The Hall–Kier alpha value is -3.05. The van der Waals surface area contributed by atoms with Crippen molar-refractivity contribution in [2.75, 3.05) is 44.3 Å². The molecular formula is C34H45ClN4O3. The fourth-order valence-electron chi connectivity index (χ4n) is 6.38. The van der Waals surface area contributed by atoms with Gasteiger partial charge < -0.3 is 19.4 Å². The van der Waals surface area contributed by atoms with Gasteiger partial charge in [0.2, 0.25) is 0 Å². The number of benzene rings is 2. The van der Waals surface area contributed by atoms with E-state index in [2.05, 4.69) is 59.8 Å². The van der Waals surface area contributed by atoms with Crippen molar-refractivity contribution in [2.45, 2.75) is 77.9 Å². The van der Waals surface area contributed by atoms with Gasteiger partial charge in [-0.3, -0.25) is 4.90 Å². The highest BCUT2D eigenvalue weighted by Gasteiger charge is 2.35. The molecule has 0 spiro atoms. The fourth-order valence-corrected chi connectivity index (χ4v) is 6.38. The van der Waals surface area contributed by atoms with Gasteiger partial charge in [0.25, 0.3) is 0 Å². The van der Waals surface area contributed by atoms with Gasteiger partial charge in [-0.05, 0) is 69.4 Å². The molecule has 0 aliphatic carbocycles. The minimum absolute atomic E-state index is 0. The third-order valence-electron chi connectivity index (χ3n) is 8.71. The van der Waals surface area contributed by atoms with E-state index in [0.29, 0.717) is 17.2 Å². The Morgan fingerprint density at radius 2 is 1.74 bits per heavy atom. The number of piperidine rings is 1. The summed E-state index contributed by atoms with van der Waals surface area (Å²) in [5.74, 6) is -0.355. The van der Waals surface area contributed by atoms with Crippen molar-refractivity contribution < 1.29 is 14.3 Å². The van der Waals surface area contributed by atoms with Crippen molar-refractivity contribution in [3.63, 3.8) is 0 Å². The molecule has 226 valence electrons. The molecular weight excluding hydrogens is 548 g/mol. The van der Waals surface area contributed by atoms with E-state index < -0.39 is 11.0 Å². The second-order valence-corrected chi connectivity index (χ2v) is 12.9. The second-order valence-electron chi connectivity index (χ2n) is 12.9. The number of morpholine rings is 1. The number of halogens is 1. The van der Waals surface area contributed by atoms with Crippen LogP contribution < -0.4 is 4.90 Å². The van der Waals surface area contributed by atoms with E-state index in [1.165, 1.54) is 11.3 Å². The number of rotatable bonds is 6. The summed E-state index contributed by atoms with van der Waals surface area (Å²) in [6, 6.07) is 15.1. The van der Waals surface area contributed by atoms with Crippen molar-refractivity contribution in [1.29, 1.82) is 5.26 Å². The van der Waals surface area contributed by atoms with Gasteiger partial charge in [-0.1, -0.05) is 39.0 Å². The smallest absolute Gasteiger partial charge is 0.341 e. The highest BCUT2D eigenvalue weighted by molar-refractivity contribution is 6.06. The number of hydrogen-bond donors (Lipinski definition) is 1. The lowest BCUT2D eigenvalue weighted by Gasteiger charge is -2.41. The van der Waals surface area contributed by atoms with Gasteiger partial charge >= 0.3 is 5.97 Å². The Kier molecular flexibility index (Phi) is 9.62. The van der Waals surface area contributed by atoms with Gasteiger partial charge in [0.05, 0.1) is 30.4 Å². The topological polar surface area (TPSA) is 81.6 Å². The largest absolute Gasteiger partial charge is 0.456 e. The molecule has 0 amide bonds. The standard InChI is InChI=1S/C34H44N4O3.ClH/c1-7-24-9-10-25(21-29(24)38-14-12-26(13-15-38)37-16-18-40-19-17-37)34(5,6)31-30(32(39)41-33(2,3)4)27-11-8-23(22-35)20-28(27)36-31;/h8-11,20-21,26,36H,7,12-19H2,1-6H3;1H. The lowest BCUT2D eigenvalue weighted by molar-refractivity contribution is 0.00695. The number of nitrogens with one attached hydrogen (secondary N) is 1. The van der Waals surface area contributed by atoms with E-state index in [-0.39, 0.29) is 18.4 Å². The summed E-state index contributed by atoms with van der Waals surface area (Å²) in [5.41, 5.74) is 5.28. The molecule has 2 aliphatic heterocycles. The lowest BCUT2D eigenvalue weighted by atomic mass is 9.78. The maximum Gasteiger partial charge on any atom is 0.341 e. The molecule has 2 fully saturated rings. The molecule has 8 heteroatoms. The van der Waals surface area contributed by atoms with Crippen molar-refractivity contribution in [3.8, 4) is 6.07 Å². The number of carbonyl (C=O) groups excluding carboxylic acids is 1. The van der Waals surface area contributed by atoms with Crippen LogP contribution in [0.4, 0.5) is 5.69 Å². The van der Waals surface area contributed by atoms with Crippen LogP contribution in [0, 0.1) is 11.3 Å². The number of anilines is 1. The van der Waals surface area contributed by atoms with Crippen molar-refractivity contribution in [3.05, 3.63) is 64.3 Å². The molecule has 2 saturated heterocycles. The maximum atomic E-state index is 13.6. The van der Waals surface area contributed by atoms with Gasteiger partial charge in [-0.15, -0.1) is 12.4 Å². The summed E-state index contributed by atoms with van der Waals surface area (Å²) >= 11 is 0. The fraction of sp³-hybridized carbons (Fsp3) is 0.529. The number of fused-ring (bicyclic) bond motifs is 1. The zero-order valence-electron chi connectivity index (χ0n) is 25.9. The first-order chi connectivity index (χ1) is 19.5. The molecule has 2 aromatic carbocycles. The number of aryl methyl sites for hydroxylation is 1. The van der Waals surface area contributed by atoms with E-state index >= 15 is 0 Å². The molecule has 1 aromatic heterocycles. The number of carbonyl (C=O) groups is 1. The molecule has 0 unspecified atom stereocenters. The molecule has 0 radical (unpaired) electrons. The molecule has 42 heavy (non-hydrogen) atoms. The summed E-state index contributed by atoms with van der Waals surface area (Å²) in [4.78, 5) is 22.3. The average Bonchev–Trinajstić information content (AvgIpc) is 3.36. The highest BCUT2D eigenvalue weighted by atomic mass is 35.5. The van der Waals surface area contributed by atoms with Gasteiger partial charge in [0.1, 0.15) is 5.60 Å². The summed E-state index contributed by atoms with van der Waals surface area (Å²) in [6.07, 6.45) is 3.28. The minimum Gasteiger partial charge on any atom is -0.456 e. The van der Waals surface area contributed by atoms with Crippen LogP contribution >= 0.6 is 12.4 Å². The molecule has 0 saturated carbocycles. The first-order valence-electron chi connectivity index (χ1n) is 15.0. The van der Waals surface area contributed by atoms with Crippen LogP contribution in [0.2, 0.25) is 0 Å². The number of nitrogens with zero attached hydrogens (tertiary/aromatic N) is 3. The third kappa shape index (κ3) is 6.46. The van der Waals surface area contributed by atoms with Gasteiger partial charge in [0.15, 0.2) is 0 Å². The van der Waals surface area contributed by atoms with Crippen LogP contribution in [0.1, 0.15) is 87.1 Å². The Morgan fingerprint density at radius 1 is 1.05 bits per heavy atom. The normalized spacial score (nSPS) is 17.1. The summed E-state index contributed by atoms with van der Waals surface area (Å²) in [5, 5.41) is 10.3. The monoisotopic (exact) mass is 592 g/mol. The van der Waals surface area contributed by atoms with Crippen molar-refractivity contribution in [2.24, 2.45) is 0 Å². The number of aromatic amines is 1. The van der Waals surface area contributed by atoms with Crippen LogP contribution in [0.5, 0.6) is 0 Å². The minimum atomic E-state index is -0.627. The molecule has 3 aromatic rings. The van der Waals surface area contributed by atoms with Crippen LogP contribution in [-0.2, 0) is 21.3 Å². The molecule has 7 nitrogen and oxygen atoms in total. The maximum absolute atomic E-state index is 13.6. The zero-order chi connectivity index (χ0) is 29.4. The van der Waals surface area contributed by atoms with E-state index in [1.54, 1.807) is 6.07 Å². The summed E-state index contributed by atoms with van der Waals surface area (Å²) in [7, 11) is 0. The molecule has 0 atom stereocenters. The number of ether oxygens (including phenoxy) is 2. The average molecular weight is 593 g/mol. The summed E-state index contributed by atoms with van der Waals surface area (Å²) < 4.78 is 11.5. The Morgan fingerprint density at radius 3 is 2.36 bits per heavy atom. The van der Waals surface area contributed by atoms with Crippen LogP contribution in [0.25, 0.3) is 10.9 Å². The molecule has 0 bridgehead atoms. The van der Waals surface area contributed by atoms with Crippen molar-refractivity contribution >= 4 is 35.0 Å². The van der Waals surface area contributed by atoms with E-state index in [9.17, 15) is 10.1 Å². The van der Waals surface area contributed by atoms with E-state index in [0.717, 1.165) is 80.8 Å². The van der Waals surface area contributed by atoms with Gasteiger partial charge in [-0.25, -0.2) is 4.79 Å². The van der Waals surface area contributed by atoms with Crippen LogP contribution in [0.3, 0.4) is 0 Å². The number of hydrogen-bond acceptors (Lipinski definition) is 6. The van der Waals surface area contributed by atoms with Gasteiger partial charge in [0, 0.05) is 59.9 Å². The number of aromatic nitrogens is 1. The first kappa shape index (κ1) is 31.9. The Bertz CT molecular complexity index is 1450. The molecule has 2 aliphatic rings. The zero-order valence-corrected chi connectivity index (χ0v) is 26.7. The molecule has 5 rings (SSSR count). The van der Waals surface area contributed by atoms with Crippen LogP contribution in [0.15, 0.2) is 36.4 Å². The molecule has 1 N–H and O–H groups in total. The Labute approximate surface area is 256 Å². The third-order valence-corrected chi connectivity index (χ3v) is 8.71. The quantitative estimate of drug-likeness (QED) is 0.325. The van der Waals surface area contributed by atoms with E-state index in [1.807, 2.05) is 32.9 Å². The van der Waals surface area contributed by atoms with Crippen LogP contribution in [-0.4, -0.2) is 66.9 Å². The molecule has 3 heterocycles. The predicted octanol–water partition coefficient (Wildman–Crippen LogP) is 6.61. The SMILES string of the molecule is CCc1ccc(C(C)(C)c2[nH]c3cc(C#N)ccc3c2C(=O)OC(C)(C)C)cc1N1CCC(N2CCOCC2)CC1.Cl. The predicted molar refractivity (Wildman–Crippen MR) is 171 cm³/mol. The van der Waals surface area contributed by atoms with Crippen molar-refractivity contribution in [1.82, 2.24) is 9.88 Å². The summed E-state index contributed by atoms with van der Waals surface area (Å²) in [6.45, 7) is 18.0. The Balaban J connectivity index is 0.00000405. The lowest BCUT2D eigenvalue weighted by Crippen LogP contribution is -2.49. The second kappa shape index (κ2) is 12.7.